The molecule has 140 valence electrons. The molecule has 0 unspecified atom stereocenters. The number of benzene rings is 2. The average molecular weight is 380 g/mol. The van der Waals surface area contributed by atoms with Crippen LogP contribution in [0.5, 0.6) is 0 Å². The van der Waals surface area contributed by atoms with Crippen molar-refractivity contribution in [3.8, 4) is 0 Å². The molecular weight excluding hydrogens is 354 g/mol. The van der Waals surface area contributed by atoms with Crippen molar-refractivity contribution in [3.05, 3.63) is 65.2 Å². The standard InChI is InChI=1S/C23H25NO2S/c1-2-26-22(25)13-16-24-14-11-17(12-15-24)23-18-7-3-5-9-20(18)27-21-10-6-4-8-19(21)23/h3-10H,2,11-16H2,1H3. The summed E-state index contributed by atoms with van der Waals surface area (Å²) in [6.07, 6.45) is 2.61. The molecule has 0 radical (unpaired) electrons. The van der Waals surface area contributed by atoms with Crippen LogP contribution in [0.3, 0.4) is 0 Å². The second-order valence-corrected chi connectivity index (χ2v) is 8.05. The van der Waals surface area contributed by atoms with Gasteiger partial charge in [-0.25, -0.2) is 0 Å². The summed E-state index contributed by atoms with van der Waals surface area (Å²) in [5.41, 5.74) is 5.72. The lowest BCUT2D eigenvalue weighted by Gasteiger charge is -2.32. The number of likely N-dealkylation sites (tertiary alicyclic amines) is 1. The van der Waals surface area contributed by atoms with Crippen LogP contribution in [0.25, 0.3) is 5.57 Å². The third kappa shape index (κ3) is 3.97. The Morgan fingerprint density at radius 1 is 1.00 bits per heavy atom. The summed E-state index contributed by atoms with van der Waals surface area (Å²) < 4.78 is 5.05. The van der Waals surface area contributed by atoms with Crippen LogP contribution < -0.4 is 0 Å². The zero-order chi connectivity index (χ0) is 18.6. The third-order valence-corrected chi connectivity index (χ3v) is 6.44. The minimum absolute atomic E-state index is 0.0891. The zero-order valence-corrected chi connectivity index (χ0v) is 16.6. The molecule has 4 heteroatoms. The van der Waals surface area contributed by atoms with E-state index in [1.165, 1.54) is 26.5 Å². The quantitative estimate of drug-likeness (QED) is 0.597. The van der Waals surface area contributed by atoms with Gasteiger partial charge in [-0.3, -0.25) is 4.79 Å². The number of carbonyl (C=O) groups excluding carboxylic acids is 1. The molecule has 0 saturated carbocycles. The number of hydrogen-bond donors (Lipinski definition) is 0. The van der Waals surface area contributed by atoms with Gasteiger partial charge in [0.25, 0.3) is 0 Å². The number of rotatable bonds is 4. The van der Waals surface area contributed by atoms with E-state index in [1.807, 2.05) is 18.7 Å². The van der Waals surface area contributed by atoms with Gasteiger partial charge >= 0.3 is 5.97 Å². The first-order valence-corrected chi connectivity index (χ1v) is 10.5. The Bertz CT molecular complexity index is 817. The number of esters is 1. The molecule has 0 aliphatic carbocycles. The monoisotopic (exact) mass is 379 g/mol. The fraction of sp³-hybridized carbons (Fsp3) is 0.348. The molecule has 2 aromatic rings. The van der Waals surface area contributed by atoms with Crippen LogP contribution in [0.4, 0.5) is 0 Å². The van der Waals surface area contributed by atoms with Crippen molar-refractivity contribution >= 4 is 23.3 Å². The predicted molar refractivity (Wildman–Crippen MR) is 110 cm³/mol. The maximum absolute atomic E-state index is 11.6. The minimum atomic E-state index is -0.0891. The Morgan fingerprint density at radius 2 is 1.59 bits per heavy atom. The molecule has 0 atom stereocenters. The molecule has 0 bridgehead atoms. The molecule has 2 aliphatic heterocycles. The Balaban J connectivity index is 1.55. The lowest BCUT2D eigenvalue weighted by atomic mass is 9.88. The highest BCUT2D eigenvalue weighted by Gasteiger charge is 2.25. The minimum Gasteiger partial charge on any atom is -0.466 e. The van der Waals surface area contributed by atoms with E-state index in [-0.39, 0.29) is 5.97 Å². The van der Waals surface area contributed by atoms with Crippen LogP contribution in [-0.2, 0) is 9.53 Å². The topological polar surface area (TPSA) is 29.5 Å². The Kier molecular flexibility index (Phi) is 5.65. The molecule has 0 aromatic heterocycles. The van der Waals surface area contributed by atoms with Crippen molar-refractivity contribution in [2.75, 3.05) is 26.2 Å². The van der Waals surface area contributed by atoms with Crippen molar-refractivity contribution in [1.29, 1.82) is 0 Å². The summed E-state index contributed by atoms with van der Waals surface area (Å²) in [5.74, 6) is -0.0891. The molecule has 0 spiro atoms. The van der Waals surface area contributed by atoms with E-state index in [9.17, 15) is 4.79 Å². The Labute approximate surface area is 165 Å². The van der Waals surface area contributed by atoms with E-state index in [0.717, 1.165) is 32.5 Å². The van der Waals surface area contributed by atoms with E-state index in [2.05, 4.69) is 53.4 Å². The largest absolute Gasteiger partial charge is 0.466 e. The molecule has 3 nitrogen and oxygen atoms in total. The van der Waals surface area contributed by atoms with Crippen LogP contribution in [0.1, 0.15) is 37.3 Å². The molecule has 4 rings (SSSR count). The zero-order valence-electron chi connectivity index (χ0n) is 15.7. The molecular formula is C23H25NO2S. The van der Waals surface area contributed by atoms with Gasteiger partial charge in [0.2, 0.25) is 0 Å². The highest BCUT2D eigenvalue weighted by atomic mass is 32.2. The van der Waals surface area contributed by atoms with Crippen LogP contribution >= 0.6 is 11.8 Å². The number of carbonyl (C=O) groups is 1. The van der Waals surface area contributed by atoms with E-state index in [4.69, 9.17) is 4.74 Å². The summed E-state index contributed by atoms with van der Waals surface area (Å²) in [6, 6.07) is 17.5. The highest BCUT2D eigenvalue weighted by Crippen LogP contribution is 2.47. The Morgan fingerprint density at radius 3 is 2.19 bits per heavy atom. The van der Waals surface area contributed by atoms with Gasteiger partial charge in [-0.05, 0) is 48.6 Å². The summed E-state index contributed by atoms with van der Waals surface area (Å²) in [5, 5.41) is 0. The fourth-order valence-corrected chi connectivity index (χ4v) is 5.04. The summed E-state index contributed by atoms with van der Waals surface area (Å²) in [6.45, 7) is 5.14. The Hall–Kier alpha value is -2.04. The van der Waals surface area contributed by atoms with E-state index >= 15 is 0 Å². The van der Waals surface area contributed by atoms with Crippen molar-refractivity contribution in [2.24, 2.45) is 0 Å². The first kappa shape index (κ1) is 18.3. The highest BCUT2D eigenvalue weighted by molar-refractivity contribution is 7.99. The van der Waals surface area contributed by atoms with Crippen molar-refractivity contribution < 1.29 is 9.53 Å². The SMILES string of the molecule is CCOC(=O)CCN1CCC(=C2c3ccccc3Sc3ccccc32)CC1. The first-order valence-electron chi connectivity index (χ1n) is 9.73. The maximum atomic E-state index is 11.6. The average Bonchev–Trinajstić information content (AvgIpc) is 2.71. The summed E-state index contributed by atoms with van der Waals surface area (Å²) >= 11 is 1.87. The van der Waals surface area contributed by atoms with Gasteiger partial charge in [-0.1, -0.05) is 53.7 Å². The molecule has 2 aromatic carbocycles. The van der Waals surface area contributed by atoms with Gasteiger partial charge in [0, 0.05) is 29.4 Å². The predicted octanol–water partition coefficient (Wildman–Crippen LogP) is 5.00. The normalized spacial score (nSPS) is 16.6. The van der Waals surface area contributed by atoms with Gasteiger partial charge in [0.1, 0.15) is 0 Å². The number of ether oxygens (including phenoxy) is 1. The molecule has 1 fully saturated rings. The first-order chi connectivity index (χ1) is 13.3. The van der Waals surface area contributed by atoms with Crippen molar-refractivity contribution in [3.63, 3.8) is 0 Å². The molecule has 1 saturated heterocycles. The van der Waals surface area contributed by atoms with Gasteiger partial charge in [0.15, 0.2) is 0 Å². The van der Waals surface area contributed by atoms with Gasteiger partial charge in [-0.15, -0.1) is 0 Å². The van der Waals surface area contributed by atoms with Crippen LogP contribution in [0.15, 0.2) is 63.9 Å². The van der Waals surface area contributed by atoms with Crippen LogP contribution in [0.2, 0.25) is 0 Å². The lowest BCUT2D eigenvalue weighted by Crippen LogP contribution is -2.33. The fourth-order valence-electron chi connectivity index (χ4n) is 3.95. The van der Waals surface area contributed by atoms with Crippen LogP contribution in [0, 0.1) is 0 Å². The van der Waals surface area contributed by atoms with Gasteiger partial charge < -0.3 is 9.64 Å². The molecule has 0 amide bonds. The number of piperidine rings is 1. The number of fused-ring (bicyclic) bond motifs is 2. The second-order valence-electron chi connectivity index (χ2n) is 6.97. The molecule has 2 heterocycles. The summed E-state index contributed by atoms with van der Waals surface area (Å²) in [4.78, 5) is 16.7. The van der Waals surface area contributed by atoms with E-state index in [0.29, 0.717) is 13.0 Å². The number of nitrogens with zero attached hydrogens (tertiary/aromatic N) is 1. The maximum Gasteiger partial charge on any atom is 0.307 e. The third-order valence-electron chi connectivity index (χ3n) is 5.28. The summed E-state index contributed by atoms with van der Waals surface area (Å²) in [7, 11) is 0. The van der Waals surface area contributed by atoms with E-state index < -0.39 is 0 Å². The molecule has 0 N–H and O–H groups in total. The van der Waals surface area contributed by atoms with Crippen molar-refractivity contribution in [1.82, 2.24) is 4.90 Å². The van der Waals surface area contributed by atoms with E-state index in [1.54, 1.807) is 5.57 Å². The lowest BCUT2D eigenvalue weighted by molar-refractivity contribution is -0.143. The van der Waals surface area contributed by atoms with Crippen molar-refractivity contribution in [2.45, 2.75) is 36.0 Å². The second kappa shape index (κ2) is 8.32. The molecule has 27 heavy (non-hydrogen) atoms. The smallest absolute Gasteiger partial charge is 0.307 e. The molecule has 2 aliphatic rings. The number of hydrogen-bond acceptors (Lipinski definition) is 4. The van der Waals surface area contributed by atoms with Gasteiger partial charge in [-0.2, -0.15) is 0 Å². The van der Waals surface area contributed by atoms with Crippen LogP contribution in [-0.4, -0.2) is 37.1 Å². The van der Waals surface area contributed by atoms with Gasteiger partial charge in [0.05, 0.1) is 13.0 Å².